The maximum atomic E-state index is 10.9. The lowest BCUT2D eigenvalue weighted by Gasteiger charge is -2.32. The van der Waals surface area contributed by atoms with Crippen molar-refractivity contribution >= 4 is 11.4 Å². The maximum absolute atomic E-state index is 10.9. The fourth-order valence-corrected chi connectivity index (χ4v) is 2.18. The molecule has 5 heteroatoms. The number of hydrogen-bond donors (Lipinski definition) is 1. The molecular formula is C13H15N3O2. The van der Waals surface area contributed by atoms with E-state index in [0.717, 1.165) is 0 Å². The molecule has 1 aliphatic rings. The molecule has 0 spiro atoms. The van der Waals surface area contributed by atoms with Crippen molar-refractivity contribution in [3.05, 3.63) is 33.9 Å². The van der Waals surface area contributed by atoms with Gasteiger partial charge in [-0.1, -0.05) is 6.42 Å². The van der Waals surface area contributed by atoms with Crippen LogP contribution in [0.2, 0.25) is 0 Å². The third-order valence-corrected chi connectivity index (χ3v) is 3.56. The van der Waals surface area contributed by atoms with E-state index in [1.807, 2.05) is 13.0 Å². The van der Waals surface area contributed by atoms with Crippen LogP contribution in [0, 0.1) is 27.4 Å². The van der Waals surface area contributed by atoms with E-state index in [1.165, 1.54) is 31.4 Å². The van der Waals surface area contributed by atoms with Gasteiger partial charge in [0.2, 0.25) is 0 Å². The number of hydrogen-bond acceptors (Lipinski definition) is 4. The van der Waals surface area contributed by atoms with Crippen LogP contribution in [0.15, 0.2) is 18.2 Å². The molecule has 1 saturated carbocycles. The summed E-state index contributed by atoms with van der Waals surface area (Å²) >= 11 is 0. The zero-order chi connectivity index (χ0) is 13.1. The predicted octanol–water partition coefficient (Wildman–Crippen LogP) is 3.07. The maximum Gasteiger partial charge on any atom is 0.292 e. The molecule has 1 atom stereocenters. The van der Waals surface area contributed by atoms with Gasteiger partial charge in [-0.05, 0) is 37.8 Å². The van der Waals surface area contributed by atoms with Gasteiger partial charge >= 0.3 is 0 Å². The summed E-state index contributed by atoms with van der Waals surface area (Å²) in [7, 11) is 0. The van der Waals surface area contributed by atoms with Gasteiger partial charge in [-0.3, -0.25) is 10.1 Å². The van der Waals surface area contributed by atoms with Crippen LogP contribution in [0.4, 0.5) is 11.4 Å². The van der Waals surface area contributed by atoms with Crippen LogP contribution in [0.5, 0.6) is 0 Å². The summed E-state index contributed by atoms with van der Waals surface area (Å²) < 4.78 is 0. The number of nitriles is 1. The normalized spacial score (nSPS) is 16.4. The number of rotatable bonds is 4. The first-order valence-electron chi connectivity index (χ1n) is 6.07. The minimum absolute atomic E-state index is 0.0279. The van der Waals surface area contributed by atoms with Crippen LogP contribution in [-0.4, -0.2) is 11.0 Å². The lowest BCUT2D eigenvalue weighted by molar-refractivity contribution is -0.384. The number of anilines is 1. The molecular weight excluding hydrogens is 230 g/mol. The number of nitrogens with zero attached hydrogens (tertiary/aromatic N) is 2. The molecule has 0 aromatic heterocycles. The molecule has 2 rings (SSSR count). The van der Waals surface area contributed by atoms with E-state index in [0.29, 0.717) is 17.2 Å². The number of nitrogens with one attached hydrogen (secondary N) is 1. The third kappa shape index (κ3) is 2.43. The van der Waals surface area contributed by atoms with Gasteiger partial charge in [-0.2, -0.15) is 5.26 Å². The van der Waals surface area contributed by atoms with E-state index in [2.05, 4.69) is 5.32 Å². The van der Waals surface area contributed by atoms with Gasteiger partial charge in [0.05, 0.1) is 16.6 Å². The quantitative estimate of drug-likeness (QED) is 0.653. The van der Waals surface area contributed by atoms with Gasteiger partial charge < -0.3 is 5.32 Å². The largest absolute Gasteiger partial charge is 0.377 e. The Labute approximate surface area is 106 Å². The number of nitro groups is 1. The van der Waals surface area contributed by atoms with Crippen molar-refractivity contribution in [2.24, 2.45) is 5.92 Å². The Hall–Kier alpha value is -2.09. The number of benzene rings is 1. The highest BCUT2D eigenvalue weighted by Crippen LogP contribution is 2.33. The Bertz CT molecular complexity index is 503. The molecule has 0 amide bonds. The highest BCUT2D eigenvalue weighted by molar-refractivity contribution is 5.64. The summed E-state index contributed by atoms with van der Waals surface area (Å²) in [4.78, 5) is 10.5. The SMILES string of the molecule is CC(Nc1cc(C#N)ccc1[N+](=O)[O-])C1CCC1. The van der Waals surface area contributed by atoms with Crippen LogP contribution in [0.3, 0.4) is 0 Å². The Morgan fingerprint density at radius 1 is 1.56 bits per heavy atom. The van der Waals surface area contributed by atoms with Crippen LogP contribution in [0.1, 0.15) is 31.7 Å². The monoisotopic (exact) mass is 245 g/mol. The van der Waals surface area contributed by atoms with Gasteiger partial charge in [0.15, 0.2) is 0 Å². The summed E-state index contributed by atoms with van der Waals surface area (Å²) in [5.41, 5.74) is 0.905. The Morgan fingerprint density at radius 3 is 2.78 bits per heavy atom. The lowest BCUT2D eigenvalue weighted by Crippen LogP contribution is -2.31. The van der Waals surface area contributed by atoms with Crippen molar-refractivity contribution < 1.29 is 4.92 Å². The first-order valence-corrected chi connectivity index (χ1v) is 6.07. The lowest BCUT2D eigenvalue weighted by atomic mass is 9.80. The minimum atomic E-state index is -0.420. The molecule has 0 bridgehead atoms. The molecule has 1 unspecified atom stereocenters. The zero-order valence-corrected chi connectivity index (χ0v) is 10.2. The number of nitro benzene ring substituents is 1. The van der Waals surface area contributed by atoms with Gasteiger partial charge in [0, 0.05) is 12.1 Å². The average Bonchev–Trinajstić information content (AvgIpc) is 2.25. The summed E-state index contributed by atoms with van der Waals surface area (Å²) in [6.45, 7) is 2.03. The molecule has 1 aromatic carbocycles. The first-order chi connectivity index (χ1) is 8.61. The molecule has 0 radical (unpaired) electrons. The second-order valence-corrected chi connectivity index (χ2v) is 4.72. The van der Waals surface area contributed by atoms with Crippen LogP contribution in [-0.2, 0) is 0 Å². The van der Waals surface area contributed by atoms with Crippen LogP contribution < -0.4 is 5.32 Å². The Kier molecular flexibility index (Phi) is 3.47. The van der Waals surface area contributed by atoms with Crippen molar-refractivity contribution in [1.82, 2.24) is 0 Å². The second-order valence-electron chi connectivity index (χ2n) is 4.72. The Balaban J connectivity index is 2.23. The summed E-state index contributed by atoms with van der Waals surface area (Å²) in [5.74, 6) is 0.579. The van der Waals surface area contributed by atoms with Gasteiger partial charge in [0.25, 0.3) is 5.69 Å². The predicted molar refractivity (Wildman–Crippen MR) is 68.2 cm³/mol. The van der Waals surface area contributed by atoms with Gasteiger partial charge in [-0.25, -0.2) is 0 Å². The molecule has 5 nitrogen and oxygen atoms in total. The van der Waals surface area contributed by atoms with E-state index in [4.69, 9.17) is 5.26 Å². The van der Waals surface area contributed by atoms with E-state index in [-0.39, 0.29) is 11.7 Å². The molecule has 1 fully saturated rings. The summed E-state index contributed by atoms with van der Waals surface area (Å²) in [6.07, 6.45) is 3.57. The molecule has 1 N–H and O–H groups in total. The average molecular weight is 245 g/mol. The van der Waals surface area contributed by atoms with Crippen molar-refractivity contribution in [3.63, 3.8) is 0 Å². The molecule has 94 valence electrons. The minimum Gasteiger partial charge on any atom is -0.377 e. The van der Waals surface area contributed by atoms with Crippen LogP contribution >= 0.6 is 0 Å². The van der Waals surface area contributed by atoms with Crippen molar-refractivity contribution in [2.45, 2.75) is 32.2 Å². The van der Waals surface area contributed by atoms with Crippen LogP contribution in [0.25, 0.3) is 0 Å². The molecule has 18 heavy (non-hydrogen) atoms. The topological polar surface area (TPSA) is 79.0 Å². The highest BCUT2D eigenvalue weighted by Gasteiger charge is 2.25. The highest BCUT2D eigenvalue weighted by atomic mass is 16.6. The summed E-state index contributed by atoms with van der Waals surface area (Å²) in [6, 6.07) is 6.60. The van der Waals surface area contributed by atoms with Gasteiger partial charge in [-0.15, -0.1) is 0 Å². The molecule has 1 aliphatic carbocycles. The van der Waals surface area contributed by atoms with Crippen molar-refractivity contribution in [3.8, 4) is 6.07 Å². The fourth-order valence-electron chi connectivity index (χ4n) is 2.18. The molecule has 0 heterocycles. The van der Waals surface area contributed by atoms with E-state index >= 15 is 0 Å². The Morgan fingerprint density at radius 2 is 2.28 bits per heavy atom. The van der Waals surface area contributed by atoms with Crippen molar-refractivity contribution in [1.29, 1.82) is 5.26 Å². The molecule has 0 saturated heterocycles. The first kappa shape index (κ1) is 12.4. The van der Waals surface area contributed by atoms with E-state index in [9.17, 15) is 10.1 Å². The van der Waals surface area contributed by atoms with Gasteiger partial charge in [0.1, 0.15) is 5.69 Å². The smallest absolute Gasteiger partial charge is 0.292 e. The summed E-state index contributed by atoms with van der Waals surface area (Å²) in [5, 5.41) is 23.0. The van der Waals surface area contributed by atoms with Crippen molar-refractivity contribution in [2.75, 3.05) is 5.32 Å². The van der Waals surface area contributed by atoms with E-state index in [1.54, 1.807) is 6.07 Å². The second kappa shape index (κ2) is 5.05. The van der Waals surface area contributed by atoms with E-state index < -0.39 is 4.92 Å². The molecule has 0 aliphatic heterocycles. The zero-order valence-electron chi connectivity index (χ0n) is 10.2. The third-order valence-electron chi connectivity index (χ3n) is 3.56. The molecule has 1 aromatic rings. The standard InChI is InChI=1S/C13H15N3O2/c1-9(11-3-2-4-11)15-12-7-10(8-14)5-6-13(12)16(17)18/h5-7,9,11,15H,2-4H2,1H3. The fraction of sp³-hybridized carbons (Fsp3) is 0.462.